The molecule has 94 valence electrons. The molecule has 0 N–H and O–H groups in total. The van der Waals surface area contributed by atoms with Crippen LogP contribution >= 0.6 is 11.6 Å². The Labute approximate surface area is 111 Å². The quantitative estimate of drug-likeness (QED) is 0.615. The van der Waals surface area contributed by atoms with Gasteiger partial charge < -0.3 is 4.74 Å². The van der Waals surface area contributed by atoms with Crippen molar-refractivity contribution >= 4 is 11.6 Å². The SMILES string of the molecule is Cc1cc(OCCCc2ccncc2)nc(Cl)n1. The van der Waals surface area contributed by atoms with E-state index in [9.17, 15) is 0 Å². The third-order valence-corrected chi connectivity index (χ3v) is 2.58. The number of aryl methyl sites for hydroxylation is 2. The van der Waals surface area contributed by atoms with Crippen molar-refractivity contribution in [2.24, 2.45) is 0 Å². The minimum absolute atomic E-state index is 0.221. The van der Waals surface area contributed by atoms with Gasteiger partial charge in [0.15, 0.2) is 0 Å². The summed E-state index contributed by atoms with van der Waals surface area (Å²) in [6.07, 6.45) is 5.47. The number of rotatable bonds is 5. The van der Waals surface area contributed by atoms with Gasteiger partial charge in [0.25, 0.3) is 0 Å². The fourth-order valence-corrected chi connectivity index (χ4v) is 1.80. The van der Waals surface area contributed by atoms with E-state index in [1.165, 1.54) is 5.56 Å². The molecule has 2 aromatic rings. The van der Waals surface area contributed by atoms with Crippen molar-refractivity contribution in [1.82, 2.24) is 15.0 Å². The van der Waals surface area contributed by atoms with E-state index in [1.807, 2.05) is 19.1 Å². The smallest absolute Gasteiger partial charge is 0.225 e. The molecule has 0 saturated heterocycles. The van der Waals surface area contributed by atoms with Crippen LogP contribution in [0.25, 0.3) is 0 Å². The molecule has 2 aromatic heterocycles. The highest BCUT2D eigenvalue weighted by Gasteiger charge is 2.01. The Morgan fingerprint density at radius 1 is 1.22 bits per heavy atom. The molecule has 0 fully saturated rings. The molecule has 0 aliphatic rings. The predicted molar refractivity (Wildman–Crippen MR) is 69.8 cm³/mol. The maximum Gasteiger partial charge on any atom is 0.225 e. The zero-order chi connectivity index (χ0) is 12.8. The van der Waals surface area contributed by atoms with Gasteiger partial charge >= 0.3 is 0 Å². The highest BCUT2D eigenvalue weighted by molar-refractivity contribution is 6.28. The molecule has 0 spiro atoms. The molecule has 0 unspecified atom stereocenters. The second-order valence-corrected chi connectivity index (χ2v) is 4.26. The lowest BCUT2D eigenvalue weighted by atomic mass is 10.1. The van der Waals surface area contributed by atoms with Crippen LogP contribution in [0.15, 0.2) is 30.6 Å². The van der Waals surface area contributed by atoms with Gasteiger partial charge in [-0.1, -0.05) is 0 Å². The minimum atomic E-state index is 0.221. The lowest BCUT2D eigenvalue weighted by molar-refractivity contribution is 0.298. The summed E-state index contributed by atoms with van der Waals surface area (Å²) in [5.41, 5.74) is 2.06. The van der Waals surface area contributed by atoms with Gasteiger partial charge in [0.05, 0.1) is 6.61 Å². The Kier molecular flexibility index (Phi) is 4.47. The van der Waals surface area contributed by atoms with E-state index in [4.69, 9.17) is 16.3 Å². The summed E-state index contributed by atoms with van der Waals surface area (Å²) in [5.74, 6) is 0.530. The Morgan fingerprint density at radius 2 is 2.00 bits per heavy atom. The summed E-state index contributed by atoms with van der Waals surface area (Å²) in [7, 11) is 0. The van der Waals surface area contributed by atoms with Crippen LogP contribution in [0.4, 0.5) is 0 Å². The molecule has 0 bridgehead atoms. The van der Waals surface area contributed by atoms with Crippen LogP contribution in [0.3, 0.4) is 0 Å². The number of halogens is 1. The monoisotopic (exact) mass is 263 g/mol. The van der Waals surface area contributed by atoms with Gasteiger partial charge in [0, 0.05) is 24.2 Å². The van der Waals surface area contributed by atoms with Crippen LogP contribution in [0.5, 0.6) is 5.88 Å². The lowest BCUT2D eigenvalue weighted by Crippen LogP contribution is -2.02. The Bertz CT molecular complexity index is 485. The third-order valence-electron chi connectivity index (χ3n) is 2.41. The predicted octanol–water partition coefficient (Wildman–Crippen LogP) is 2.85. The van der Waals surface area contributed by atoms with Gasteiger partial charge in [-0.15, -0.1) is 0 Å². The molecule has 2 heterocycles. The maximum absolute atomic E-state index is 5.75. The van der Waals surface area contributed by atoms with Crippen molar-refractivity contribution in [2.45, 2.75) is 19.8 Å². The van der Waals surface area contributed by atoms with E-state index in [0.29, 0.717) is 12.5 Å². The highest BCUT2D eigenvalue weighted by atomic mass is 35.5. The summed E-state index contributed by atoms with van der Waals surface area (Å²) in [6.45, 7) is 2.46. The Hall–Kier alpha value is -1.68. The minimum Gasteiger partial charge on any atom is -0.478 e. The Morgan fingerprint density at radius 3 is 2.72 bits per heavy atom. The largest absolute Gasteiger partial charge is 0.478 e. The zero-order valence-corrected chi connectivity index (χ0v) is 10.9. The van der Waals surface area contributed by atoms with Crippen LogP contribution in [0.1, 0.15) is 17.7 Å². The highest BCUT2D eigenvalue weighted by Crippen LogP contribution is 2.12. The van der Waals surface area contributed by atoms with Gasteiger partial charge in [-0.25, -0.2) is 4.98 Å². The van der Waals surface area contributed by atoms with Gasteiger partial charge in [-0.3, -0.25) is 4.98 Å². The molecule has 0 atom stereocenters. The topological polar surface area (TPSA) is 47.9 Å². The van der Waals surface area contributed by atoms with Crippen molar-refractivity contribution in [3.63, 3.8) is 0 Å². The summed E-state index contributed by atoms with van der Waals surface area (Å²) in [5, 5.41) is 0.221. The summed E-state index contributed by atoms with van der Waals surface area (Å²) in [4.78, 5) is 12.0. The van der Waals surface area contributed by atoms with Gasteiger partial charge in [0.1, 0.15) is 0 Å². The van der Waals surface area contributed by atoms with Crippen LogP contribution in [0, 0.1) is 6.92 Å². The molecule has 0 aliphatic heterocycles. The van der Waals surface area contributed by atoms with Crippen LogP contribution in [0.2, 0.25) is 5.28 Å². The molecule has 0 aromatic carbocycles. The molecule has 2 rings (SSSR count). The summed E-state index contributed by atoms with van der Waals surface area (Å²) in [6, 6.07) is 5.79. The first-order valence-electron chi connectivity index (χ1n) is 5.77. The maximum atomic E-state index is 5.75. The first kappa shape index (κ1) is 12.8. The molecular formula is C13H14ClN3O. The first-order chi connectivity index (χ1) is 8.74. The van der Waals surface area contributed by atoms with E-state index in [2.05, 4.69) is 15.0 Å². The average molecular weight is 264 g/mol. The van der Waals surface area contributed by atoms with E-state index in [-0.39, 0.29) is 5.28 Å². The first-order valence-corrected chi connectivity index (χ1v) is 6.15. The van der Waals surface area contributed by atoms with Crippen LogP contribution in [-0.4, -0.2) is 21.6 Å². The summed E-state index contributed by atoms with van der Waals surface area (Å²) >= 11 is 5.75. The molecular weight excluding hydrogens is 250 g/mol. The number of ether oxygens (including phenoxy) is 1. The van der Waals surface area contributed by atoms with E-state index >= 15 is 0 Å². The molecule has 4 nitrogen and oxygen atoms in total. The van der Waals surface area contributed by atoms with E-state index < -0.39 is 0 Å². The molecule has 0 aliphatic carbocycles. The van der Waals surface area contributed by atoms with Gasteiger partial charge in [-0.2, -0.15) is 4.98 Å². The number of hydrogen-bond acceptors (Lipinski definition) is 4. The Balaban J connectivity index is 1.78. The van der Waals surface area contributed by atoms with Crippen molar-refractivity contribution < 1.29 is 4.74 Å². The van der Waals surface area contributed by atoms with Crippen molar-refractivity contribution in [2.75, 3.05) is 6.61 Å². The van der Waals surface area contributed by atoms with Crippen molar-refractivity contribution in [3.05, 3.63) is 47.1 Å². The van der Waals surface area contributed by atoms with E-state index in [0.717, 1.165) is 18.5 Å². The molecule has 0 amide bonds. The summed E-state index contributed by atoms with van der Waals surface area (Å²) < 4.78 is 5.54. The standard InChI is InChI=1S/C13H14ClN3O/c1-10-9-12(17-13(14)16-10)18-8-2-3-11-4-6-15-7-5-11/h4-7,9H,2-3,8H2,1H3. The number of aromatic nitrogens is 3. The molecule has 18 heavy (non-hydrogen) atoms. The van der Waals surface area contributed by atoms with Gasteiger partial charge in [0.2, 0.25) is 11.2 Å². The molecule has 5 heteroatoms. The lowest BCUT2D eigenvalue weighted by Gasteiger charge is -2.06. The van der Waals surface area contributed by atoms with E-state index in [1.54, 1.807) is 18.5 Å². The fourth-order valence-electron chi connectivity index (χ4n) is 1.58. The third kappa shape index (κ3) is 3.96. The van der Waals surface area contributed by atoms with Crippen molar-refractivity contribution in [1.29, 1.82) is 0 Å². The second-order valence-electron chi connectivity index (χ2n) is 3.92. The van der Waals surface area contributed by atoms with Crippen LogP contribution in [-0.2, 0) is 6.42 Å². The van der Waals surface area contributed by atoms with Crippen molar-refractivity contribution in [3.8, 4) is 5.88 Å². The molecule has 0 radical (unpaired) electrons. The van der Waals surface area contributed by atoms with Crippen LogP contribution < -0.4 is 4.74 Å². The zero-order valence-electron chi connectivity index (χ0n) is 10.1. The number of hydrogen-bond donors (Lipinski definition) is 0. The van der Waals surface area contributed by atoms with Gasteiger partial charge in [-0.05, 0) is 49.1 Å². The molecule has 0 saturated carbocycles. The fraction of sp³-hybridized carbons (Fsp3) is 0.308. The number of pyridine rings is 1. The normalized spacial score (nSPS) is 10.3. The number of nitrogens with zero attached hydrogens (tertiary/aromatic N) is 3. The average Bonchev–Trinajstić information content (AvgIpc) is 2.35. The second kappa shape index (κ2) is 6.31.